The van der Waals surface area contributed by atoms with Gasteiger partial charge in [-0.1, -0.05) is 31.4 Å². The third-order valence-corrected chi connectivity index (χ3v) is 4.41. The molecule has 6 nitrogen and oxygen atoms in total. The molecule has 0 radical (unpaired) electrons. The number of likely N-dealkylation sites (N-methyl/N-ethyl adjacent to an activating group) is 1. The summed E-state index contributed by atoms with van der Waals surface area (Å²) in [4.78, 5) is 25.4. The van der Waals surface area contributed by atoms with Gasteiger partial charge in [-0.25, -0.2) is 0 Å². The molecule has 2 rings (SSSR count). The molecule has 0 atom stereocenters. The standard InChI is InChI=1S/C18H27N3O3.ClH/c1-21(2)16(22)13-24-15-8-6-7-14(11-15)12-20-17(23)18(19)9-4-3-5-10-18;/h6-8,11H,3-5,9-10,12-13,19H2,1-2H3,(H,20,23);1H. The molecule has 0 bridgehead atoms. The number of nitrogens with two attached hydrogens (primary N) is 1. The van der Waals surface area contributed by atoms with Gasteiger partial charge in [0, 0.05) is 20.6 Å². The predicted octanol–water partition coefficient (Wildman–Crippen LogP) is 1.85. The summed E-state index contributed by atoms with van der Waals surface area (Å²) in [5.74, 6) is 0.421. The molecular formula is C18H28ClN3O3. The molecule has 1 fully saturated rings. The molecule has 0 aliphatic heterocycles. The minimum absolute atomic E-state index is 0. The zero-order chi connectivity index (χ0) is 17.6. The van der Waals surface area contributed by atoms with E-state index in [-0.39, 0.29) is 30.8 Å². The third-order valence-electron chi connectivity index (χ3n) is 4.41. The Morgan fingerprint density at radius 2 is 1.92 bits per heavy atom. The van der Waals surface area contributed by atoms with Gasteiger partial charge >= 0.3 is 0 Å². The molecule has 0 spiro atoms. The predicted molar refractivity (Wildman–Crippen MR) is 99.7 cm³/mol. The summed E-state index contributed by atoms with van der Waals surface area (Å²) in [6.45, 7) is 0.394. The second kappa shape index (κ2) is 9.63. The normalized spacial score (nSPS) is 15.6. The summed E-state index contributed by atoms with van der Waals surface area (Å²) in [5, 5.41) is 2.92. The lowest BCUT2D eigenvalue weighted by Gasteiger charge is -2.31. The first-order chi connectivity index (χ1) is 11.4. The van der Waals surface area contributed by atoms with Crippen LogP contribution in [0.5, 0.6) is 5.75 Å². The SMILES string of the molecule is CN(C)C(=O)COc1cccc(CNC(=O)C2(N)CCCCC2)c1.Cl. The van der Waals surface area contributed by atoms with E-state index in [1.807, 2.05) is 18.2 Å². The van der Waals surface area contributed by atoms with Gasteiger partial charge in [0.25, 0.3) is 5.91 Å². The van der Waals surface area contributed by atoms with Crippen molar-refractivity contribution >= 4 is 24.2 Å². The molecule has 1 aliphatic rings. The van der Waals surface area contributed by atoms with Crippen molar-refractivity contribution in [1.82, 2.24) is 10.2 Å². The number of hydrogen-bond donors (Lipinski definition) is 2. The Kier molecular flexibility index (Phi) is 8.19. The maximum absolute atomic E-state index is 12.4. The van der Waals surface area contributed by atoms with Crippen molar-refractivity contribution in [3.63, 3.8) is 0 Å². The van der Waals surface area contributed by atoms with E-state index in [2.05, 4.69) is 5.32 Å². The first-order valence-electron chi connectivity index (χ1n) is 8.40. The van der Waals surface area contributed by atoms with Gasteiger partial charge in [-0.05, 0) is 30.5 Å². The Balaban J connectivity index is 0.00000312. The second-order valence-electron chi connectivity index (χ2n) is 6.62. The number of rotatable bonds is 6. The Hall–Kier alpha value is -1.79. The molecule has 0 unspecified atom stereocenters. The average Bonchev–Trinajstić information content (AvgIpc) is 2.58. The number of carbonyl (C=O) groups excluding carboxylic acids is 2. The number of ether oxygens (including phenoxy) is 1. The van der Waals surface area contributed by atoms with Crippen molar-refractivity contribution in [2.75, 3.05) is 20.7 Å². The maximum Gasteiger partial charge on any atom is 0.259 e. The average molecular weight is 370 g/mol. The molecule has 25 heavy (non-hydrogen) atoms. The van der Waals surface area contributed by atoms with E-state index in [9.17, 15) is 9.59 Å². The highest BCUT2D eigenvalue weighted by Gasteiger charge is 2.34. The highest BCUT2D eigenvalue weighted by atomic mass is 35.5. The van der Waals surface area contributed by atoms with E-state index in [4.69, 9.17) is 10.5 Å². The fraction of sp³-hybridized carbons (Fsp3) is 0.556. The topological polar surface area (TPSA) is 84.7 Å². The summed E-state index contributed by atoms with van der Waals surface area (Å²) >= 11 is 0. The largest absolute Gasteiger partial charge is 0.484 e. The lowest BCUT2D eigenvalue weighted by atomic mass is 9.82. The summed E-state index contributed by atoms with van der Waals surface area (Å²) in [6.07, 6.45) is 4.65. The van der Waals surface area contributed by atoms with Gasteiger partial charge in [0.05, 0.1) is 5.54 Å². The Morgan fingerprint density at radius 3 is 2.56 bits per heavy atom. The molecular weight excluding hydrogens is 342 g/mol. The highest BCUT2D eigenvalue weighted by Crippen LogP contribution is 2.26. The van der Waals surface area contributed by atoms with Crippen molar-refractivity contribution in [3.8, 4) is 5.75 Å². The van der Waals surface area contributed by atoms with Gasteiger partial charge in [0.1, 0.15) is 5.75 Å². The van der Waals surface area contributed by atoms with Crippen LogP contribution in [0.3, 0.4) is 0 Å². The molecule has 0 aromatic heterocycles. The maximum atomic E-state index is 12.4. The second-order valence-corrected chi connectivity index (χ2v) is 6.62. The van der Waals surface area contributed by atoms with E-state index < -0.39 is 5.54 Å². The van der Waals surface area contributed by atoms with E-state index >= 15 is 0 Å². The van der Waals surface area contributed by atoms with Crippen LogP contribution in [0.2, 0.25) is 0 Å². The van der Waals surface area contributed by atoms with Crippen molar-refractivity contribution in [2.24, 2.45) is 5.73 Å². The Labute approximate surface area is 155 Å². The van der Waals surface area contributed by atoms with Crippen LogP contribution in [0, 0.1) is 0 Å². The number of amides is 2. The molecule has 7 heteroatoms. The third kappa shape index (κ3) is 6.21. The van der Waals surface area contributed by atoms with Gasteiger partial charge in [0.2, 0.25) is 5.91 Å². The molecule has 1 aromatic carbocycles. The van der Waals surface area contributed by atoms with Gasteiger partial charge in [-0.2, -0.15) is 0 Å². The number of carbonyl (C=O) groups is 2. The van der Waals surface area contributed by atoms with E-state index in [1.165, 1.54) is 4.90 Å². The van der Waals surface area contributed by atoms with Crippen molar-refractivity contribution < 1.29 is 14.3 Å². The van der Waals surface area contributed by atoms with Gasteiger partial charge in [-0.3, -0.25) is 9.59 Å². The van der Waals surface area contributed by atoms with Gasteiger partial charge in [-0.15, -0.1) is 12.4 Å². The Morgan fingerprint density at radius 1 is 1.24 bits per heavy atom. The van der Waals surface area contributed by atoms with E-state index in [0.717, 1.165) is 37.7 Å². The van der Waals surface area contributed by atoms with Crippen LogP contribution >= 0.6 is 12.4 Å². The summed E-state index contributed by atoms with van der Waals surface area (Å²) in [6, 6.07) is 7.37. The molecule has 0 saturated heterocycles. The molecule has 0 heterocycles. The molecule has 1 aliphatic carbocycles. The lowest BCUT2D eigenvalue weighted by Crippen LogP contribution is -2.54. The smallest absolute Gasteiger partial charge is 0.259 e. The summed E-state index contributed by atoms with van der Waals surface area (Å²) < 4.78 is 5.48. The minimum Gasteiger partial charge on any atom is -0.484 e. The van der Waals surface area contributed by atoms with Crippen LogP contribution in [-0.2, 0) is 16.1 Å². The van der Waals surface area contributed by atoms with Crippen LogP contribution in [0.15, 0.2) is 24.3 Å². The van der Waals surface area contributed by atoms with Crippen LogP contribution < -0.4 is 15.8 Å². The summed E-state index contributed by atoms with van der Waals surface area (Å²) in [5.41, 5.74) is 6.41. The molecule has 140 valence electrons. The van der Waals surface area contributed by atoms with E-state index in [1.54, 1.807) is 20.2 Å². The van der Waals surface area contributed by atoms with Gasteiger partial charge < -0.3 is 20.7 Å². The molecule has 1 saturated carbocycles. The lowest BCUT2D eigenvalue weighted by molar-refractivity contribution is -0.130. The minimum atomic E-state index is -0.732. The van der Waals surface area contributed by atoms with Crippen LogP contribution in [0.25, 0.3) is 0 Å². The first kappa shape index (κ1) is 21.3. The number of nitrogens with zero attached hydrogens (tertiary/aromatic N) is 1. The van der Waals surface area contributed by atoms with Crippen molar-refractivity contribution in [2.45, 2.75) is 44.2 Å². The number of nitrogens with one attached hydrogen (secondary N) is 1. The fourth-order valence-corrected chi connectivity index (χ4v) is 2.79. The highest BCUT2D eigenvalue weighted by molar-refractivity contribution is 5.86. The summed E-state index contributed by atoms with van der Waals surface area (Å²) in [7, 11) is 3.37. The number of hydrogen-bond acceptors (Lipinski definition) is 4. The molecule has 1 aromatic rings. The van der Waals surface area contributed by atoms with Crippen molar-refractivity contribution in [1.29, 1.82) is 0 Å². The van der Waals surface area contributed by atoms with Gasteiger partial charge in [0.15, 0.2) is 6.61 Å². The number of benzene rings is 1. The van der Waals surface area contributed by atoms with Crippen LogP contribution in [0.1, 0.15) is 37.7 Å². The molecule has 3 N–H and O–H groups in total. The van der Waals surface area contributed by atoms with Crippen LogP contribution in [0.4, 0.5) is 0 Å². The zero-order valence-electron chi connectivity index (χ0n) is 14.9. The van der Waals surface area contributed by atoms with E-state index in [0.29, 0.717) is 12.3 Å². The Bertz CT molecular complexity index is 587. The fourth-order valence-electron chi connectivity index (χ4n) is 2.79. The van der Waals surface area contributed by atoms with Crippen molar-refractivity contribution in [3.05, 3.63) is 29.8 Å². The van der Waals surface area contributed by atoms with Crippen LogP contribution in [-0.4, -0.2) is 43.0 Å². The molecule has 2 amide bonds. The number of halogens is 1. The first-order valence-corrected chi connectivity index (χ1v) is 8.40. The zero-order valence-corrected chi connectivity index (χ0v) is 15.7. The quantitative estimate of drug-likeness (QED) is 0.801. The monoisotopic (exact) mass is 369 g/mol.